The van der Waals surface area contributed by atoms with Crippen LogP contribution in [0.3, 0.4) is 0 Å². The van der Waals surface area contributed by atoms with Gasteiger partial charge in [0.05, 0.1) is 5.56 Å². The molecule has 3 aromatic rings. The smallest absolute Gasteiger partial charge is 0.327 e. The number of rotatable bonds is 3. The number of imidazole rings is 1. The average Bonchev–Trinajstić information content (AvgIpc) is 2.94. The topological polar surface area (TPSA) is 17.8 Å². The van der Waals surface area contributed by atoms with E-state index in [1.807, 2.05) is 35.0 Å². The summed E-state index contributed by atoms with van der Waals surface area (Å²) in [6.07, 6.45) is -0.872. The fraction of sp³-hybridized carbons (Fsp3) is 0.118. The van der Waals surface area contributed by atoms with Crippen molar-refractivity contribution in [2.24, 2.45) is 0 Å². The van der Waals surface area contributed by atoms with E-state index in [1.54, 1.807) is 6.20 Å². The zero-order valence-electron chi connectivity index (χ0n) is 11.9. The lowest BCUT2D eigenvalue weighted by Crippen LogP contribution is -2.05. The lowest BCUT2D eigenvalue weighted by Gasteiger charge is -2.10. The fourth-order valence-corrected chi connectivity index (χ4v) is 2.78. The monoisotopic (exact) mass is 380 g/mol. The largest absolute Gasteiger partial charge is 0.416 e. The van der Waals surface area contributed by atoms with E-state index in [9.17, 15) is 13.2 Å². The van der Waals surface area contributed by atoms with E-state index in [1.165, 1.54) is 12.1 Å². The van der Waals surface area contributed by atoms with Crippen molar-refractivity contribution in [1.29, 1.82) is 0 Å². The molecule has 118 valence electrons. The summed E-state index contributed by atoms with van der Waals surface area (Å²) in [6, 6.07) is 12.9. The zero-order valence-corrected chi connectivity index (χ0v) is 13.5. The molecule has 1 heterocycles. The highest BCUT2D eigenvalue weighted by Crippen LogP contribution is 2.30. The number of benzene rings is 2. The van der Waals surface area contributed by atoms with Crippen molar-refractivity contribution in [2.75, 3.05) is 0 Å². The minimum absolute atomic E-state index is 0.593. The van der Waals surface area contributed by atoms with E-state index < -0.39 is 11.7 Å². The van der Waals surface area contributed by atoms with Gasteiger partial charge in [-0.3, -0.25) is 0 Å². The first-order valence-corrected chi connectivity index (χ1v) is 7.66. The van der Waals surface area contributed by atoms with Crippen molar-refractivity contribution < 1.29 is 13.2 Å². The highest BCUT2D eigenvalue weighted by molar-refractivity contribution is 9.10. The van der Waals surface area contributed by atoms with Gasteiger partial charge in [0.15, 0.2) is 0 Å². The first-order chi connectivity index (χ1) is 10.9. The summed E-state index contributed by atoms with van der Waals surface area (Å²) in [6.45, 7) is 0.593. The van der Waals surface area contributed by atoms with E-state index in [-0.39, 0.29) is 0 Å². The number of hydrogen-bond donors (Lipinski definition) is 0. The highest BCUT2D eigenvalue weighted by Gasteiger charge is 2.30. The Labute approximate surface area is 139 Å². The van der Waals surface area contributed by atoms with Crippen molar-refractivity contribution in [3.8, 4) is 11.4 Å². The van der Waals surface area contributed by atoms with Crippen LogP contribution in [0.25, 0.3) is 11.4 Å². The van der Waals surface area contributed by atoms with Crippen LogP contribution in [0.15, 0.2) is 65.4 Å². The first kappa shape index (κ1) is 15.8. The molecule has 2 nitrogen and oxygen atoms in total. The van der Waals surface area contributed by atoms with E-state index in [0.29, 0.717) is 17.9 Å². The molecule has 0 bridgehead atoms. The van der Waals surface area contributed by atoms with E-state index in [2.05, 4.69) is 20.9 Å². The fourth-order valence-electron chi connectivity index (χ4n) is 2.34. The third-order valence-electron chi connectivity index (χ3n) is 3.43. The minimum atomic E-state index is -4.33. The summed E-state index contributed by atoms with van der Waals surface area (Å²) in [5.74, 6) is 0.638. The second-order valence-corrected chi connectivity index (χ2v) is 6.00. The molecule has 0 N–H and O–H groups in total. The lowest BCUT2D eigenvalue weighted by molar-refractivity contribution is -0.137. The second-order valence-electron chi connectivity index (χ2n) is 5.08. The maximum absolute atomic E-state index is 12.6. The maximum Gasteiger partial charge on any atom is 0.416 e. The van der Waals surface area contributed by atoms with Crippen molar-refractivity contribution in [1.82, 2.24) is 9.55 Å². The predicted octanol–water partition coefficient (Wildman–Crippen LogP) is 5.38. The molecule has 6 heteroatoms. The molecule has 0 aliphatic heterocycles. The Kier molecular flexibility index (Phi) is 4.26. The SMILES string of the molecule is FC(F)(F)c1ccc(-c2nccn2Cc2cccc(Br)c2)cc1. The van der Waals surface area contributed by atoms with Crippen LogP contribution in [0, 0.1) is 0 Å². The molecule has 0 fully saturated rings. The summed E-state index contributed by atoms with van der Waals surface area (Å²) >= 11 is 3.42. The Hall–Kier alpha value is -2.08. The van der Waals surface area contributed by atoms with Crippen molar-refractivity contribution in [3.05, 3.63) is 76.5 Å². The molecule has 0 spiro atoms. The van der Waals surface area contributed by atoms with Crippen LogP contribution in [-0.2, 0) is 12.7 Å². The molecule has 0 aliphatic carbocycles. The number of aromatic nitrogens is 2. The molecule has 0 saturated carbocycles. The molecular weight excluding hydrogens is 369 g/mol. The Bertz CT molecular complexity index is 807. The third-order valence-corrected chi connectivity index (χ3v) is 3.92. The number of alkyl halides is 3. The Morgan fingerprint density at radius 1 is 1.04 bits per heavy atom. The van der Waals surface area contributed by atoms with Crippen LogP contribution in [0.1, 0.15) is 11.1 Å². The van der Waals surface area contributed by atoms with Crippen LogP contribution in [0.4, 0.5) is 13.2 Å². The van der Waals surface area contributed by atoms with Gasteiger partial charge in [-0.05, 0) is 29.8 Å². The van der Waals surface area contributed by atoms with Crippen LogP contribution in [-0.4, -0.2) is 9.55 Å². The molecule has 0 atom stereocenters. The van der Waals surface area contributed by atoms with Gasteiger partial charge in [0.25, 0.3) is 0 Å². The van der Waals surface area contributed by atoms with Gasteiger partial charge in [-0.1, -0.05) is 40.2 Å². The number of nitrogens with zero attached hydrogens (tertiary/aromatic N) is 2. The van der Waals surface area contributed by atoms with Crippen LogP contribution < -0.4 is 0 Å². The van der Waals surface area contributed by atoms with Crippen LogP contribution >= 0.6 is 15.9 Å². The standard InChI is InChI=1S/C17H12BrF3N2/c18-15-3-1-2-12(10-15)11-23-9-8-22-16(23)13-4-6-14(7-5-13)17(19,20)21/h1-10H,11H2. The van der Waals surface area contributed by atoms with Crippen LogP contribution in [0.5, 0.6) is 0 Å². The molecule has 1 aromatic heterocycles. The third kappa shape index (κ3) is 3.64. The molecule has 0 amide bonds. The molecule has 0 saturated heterocycles. The summed E-state index contributed by atoms with van der Waals surface area (Å²) < 4.78 is 40.8. The second kappa shape index (κ2) is 6.20. The first-order valence-electron chi connectivity index (χ1n) is 6.87. The molecule has 0 aliphatic rings. The number of hydrogen-bond acceptors (Lipinski definition) is 1. The van der Waals surface area contributed by atoms with Crippen molar-refractivity contribution >= 4 is 15.9 Å². The molecular formula is C17H12BrF3N2. The Morgan fingerprint density at radius 2 is 1.78 bits per heavy atom. The summed E-state index contributed by atoms with van der Waals surface area (Å²) in [5.41, 5.74) is 1.06. The molecule has 3 rings (SSSR count). The Morgan fingerprint density at radius 3 is 2.43 bits per heavy atom. The maximum atomic E-state index is 12.6. The van der Waals surface area contributed by atoms with E-state index >= 15 is 0 Å². The van der Waals surface area contributed by atoms with Gasteiger partial charge in [-0.25, -0.2) is 4.98 Å². The van der Waals surface area contributed by atoms with Crippen molar-refractivity contribution in [3.63, 3.8) is 0 Å². The van der Waals surface area contributed by atoms with Gasteiger partial charge in [0.2, 0.25) is 0 Å². The molecule has 0 radical (unpaired) electrons. The summed E-state index contributed by atoms with van der Waals surface area (Å²) in [5, 5.41) is 0. The van der Waals surface area contributed by atoms with E-state index in [4.69, 9.17) is 0 Å². The normalized spacial score (nSPS) is 11.7. The quantitative estimate of drug-likeness (QED) is 0.596. The zero-order chi connectivity index (χ0) is 16.4. The van der Waals surface area contributed by atoms with Gasteiger partial charge in [0, 0.05) is 29.0 Å². The Balaban J connectivity index is 1.89. The molecule has 2 aromatic carbocycles. The van der Waals surface area contributed by atoms with Gasteiger partial charge in [-0.2, -0.15) is 13.2 Å². The van der Waals surface area contributed by atoms with Gasteiger partial charge in [0.1, 0.15) is 5.82 Å². The summed E-state index contributed by atoms with van der Waals surface area (Å²) in [7, 11) is 0. The minimum Gasteiger partial charge on any atom is -0.327 e. The molecule has 0 unspecified atom stereocenters. The summed E-state index contributed by atoms with van der Waals surface area (Å²) in [4.78, 5) is 4.27. The van der Waals surface area contributed by atoms with Gasteiger partial charge in [-0.15, -0.1) is 0 Å². The van der Waals surface area contributed by atoms with Gasteiger partial charge >= 0.3 is 6.18 Å². The lowest BCUT2D eigenvalue weighted by atomic mass is 10.1. The van der Waals surface area contributed by atoms with E-state index in [0.717, 1.165) is 22.2 Å². The average molecular weight is 381 g/mol. The van der Waals surface area contributed by atoms with Crippen LogP contribution in [0.2, 0.25) is 0 Å². The predicted molar refractivity (Wildman–Crippen MR) is 85.9 cm³/mol. The molecule has 23 heavy (non-hydrogen) atoms. The van der Waals surface area contributed by atoms with Gasteiger partial charge < -0.3 is 4.57 Å². The number of halogens is 4. The highest BCUT2D eigenvalue weighted by atomic mass is 79.9. The van der Waals surface area contributed by atoms with Crippen molar-refractivity contribution in [2.45, 2.75) is 12.7 Å².